The number of carbonyl (C=O) groups excluding carboxylic acids is 1. The van der Waals surface area contributed by atoms with Gasteiger partial charge in [0.1, 0.15) is 11.4 Å². The van der Waals surface area contributed by atoms with Crippen LogP contribution in [0.2, 0.25) is 0 Å². The number of carbonyl (C=O) groups is 1. The van der Waals surface area contributed by atoms with Crippen LogP contribution in [0.25, 0.3) is 17.0 Å². The second-order valence-corrected chi connectivity index (χ2v) is 6.03. The van der Waals surface area contributed by atoms with Crippen LogP contribution >= 0.6 is 0 Å². The van der Waals surface area contributed by atoms with Gasteiger partial charge >= 0.3 is 5.63 Å². The Morgan fingerprint density at radius 2 is 1.81 bits per heavy atom. The summed E-state index contributed by atoms with van der Waals surface area (Å²) in [6.45, 7) is 5.61. The fourth-order valence-electron chi connectivity index (χ4n) is 2.95. The molecular formula is C22H20FNO3. The number of allylic oxidation sites excluding steroid dienone is 1. The van der Waals surface area contributed by atoms with Gasteiger partial charge in [0.2, 0.25) is 0 Å². The van der Waals surface area contributed by atoms with Crippen LogP contribution < -0.4 is 10.5 Å². The molecule has 0 saturated heterocycles. The molecule has 3 aromatic rings. The van der Waals surface area contributed by atoms with Crippen molar-refractivity contribution < 1.29 is 13.6 Å². The minimum Gasteiger partial charge on any atom is -0.422 e. The second kappa shape index (κ2) is 7.99. The van der Waals surface area contributed by atoms with Crippen LogP contribution in [0.4, 0.5) is 10.1 Å². The molecule has 0 bridgehead atoms. The molecule has 0 saturated carbocycles. The molecule has 4 nitrogen and oxygen atoms in total. The highest BCUT2D eigenvalue weighted by molar-refractivity contribution is 6.06. The summed E-state index contributed by atoms with van der Waals surface area (Å²) in [5.41, 5.74) is 0.436. The Balaban J connectivity index is 2.00. The van der Waals surface area contributed by atoms with Gasteiger partial charge in [-0.05, 0) is 38.1 Å². The summed E-state index contributed by atoms with van der Waals surface area (Å²) in [6, 6.07) is 13.6. The monoisotopic (exact) mass is 365 g/mol. The predicted molar refractivity (Wildman–Crippen MR) is 106 cm³/mol. The van der Waals surface area contributed by atoms with Crippen molar-refractivity contribution in [1.82, 2.24) is 0 Å². The zero-order valence-electron chi connectivity index (χ0n) is 15.2. The van der Waals surface area contributed by atoms with E-state index in [-0.39, 0.29) is 22.3 Å². The molecule has 0 radical (unpaired) electrons. The highest BCUT2D eigenvalue weighted by atomic mass is 19.1. The average Bonchev–Trinajstić information content (AvgIpc) is 2.69. The summed E-state index contributed by atoms with van der Waals surface area (Å²) in [4.78, 5) is 26.5. The topological polar surface area (TPSA) is 50.5 Å². The van der Waals surface area contributed by atoms with Crippen LogP contribution in [0.1, 0.15) is 29.8 Å². The maximum Gasteiger partial charge on any atom is 0.346 e. The molecule has 1 heterocycles. The summed E-state index contributed by atoms with van der Waals surface area (Å²) in [7, 11) is 0. The van der Waals surface area contributed by atoms with Gasteiger partial charge in [-0.2, -0.15) is 0 Å². The van der Waals surface area contributed by atoms with E-state index in [0.717, 1.165) is 18.8 Å². The maximum absolute atomic E-state index is 14.8. The van der Waals surface area contributed by atoms with E-state index in [0.29, 0.717) is 5.56 Å². The fraction of sp³-hybridized carbons (Fsp3) is 0.182. The highest BCUT2D eigenvalue weighted by Crippen LogP contribution is 2.25. The van der Waals surface area contributed by atoms with Crippen molar-refractivity contribution in [2.24, 2.45) is 0 Å². The van der Waals surface area contributed by atoms with Crippen LogP contribution in [0.15, 0.2) is 63.8 Å². The van der Waals surface area contributed by atoms with Crippen LogP contribution in [0.5, 0.6) is 0 Å². The molecule has 0 spiro atoms. The molecule has 138 valence electrons. The average molecular weight is 365 g/mol. The Morgan fingerprint density at radius 1 is 1.11 bits per heavy atom. The van der Waals surface area contributed by atoms with Crippen molar-refractivity contribution in [3.63, 3.8) is 0 Å². The molecule has 3 rings (SSSR count). The molecule has 0 fully saturated rings. The zero-order chi connectivity index (χ0) is 19.4. The summed E-state index contributed by atoms with van der Waals surface area (Å²) < 4.78 is 20.1. The molecule has 0 aliphatic carbocycles. The van der Waals surface area contributed by atoms with E-state index in [9.17, 15) is 14.0 Å². The lowest BCUT2D eigenvalue weighted by molar-refractivity contribution is 0.104. The molecule has 0 N–H and O–H groups in total. The molecule has 5 heteroatoms. The summed E-state index contributed by atoms with van der Waals surface area (Å²) >= 11 is 0. The van der Waals surface area contributed by atoms with Gasteiger partial charge in [-0.15, -0.1) is 0 Å². The Morgan fingerprint density at radius 3 is 2.48 bits per heavy atom. The lowest BCUT2D eigenvalue weighted by atomic mass is 10.1. The lowest BCUT2D eigenvalue weighted by Crippen LogP contribution is -2.21. The molecule has 0 amide bonds. The van der Waals surface area contributed by atoms with Crippen molar-refractivity contribution in [3.05, 3.63) is 82.0 Å². The van der Waals surface area contributed by atoms with Crippen molar-refractivity contribution >= 4 is 28.5 Å². The Kier molecular flexibility index (Phi) is 5.50. The number of halogens is 1. The first-order valence-electron chi connectivity index (χ1n) is 8.84. The largest absolute Gasteiger partial charge is 0.422 e. The molecule has 0 unspecified atom stereocenters. The smallest absolute Gasteiger partial charge is 0.346 e. The standard InChI is InChI=1S/C22H20FNO3/c1-3-24(4-2)16-10-11-17-20(14-16)27-22(26)18(21(17)23)12-13-19(25)15-8-6-5-7-9-15/h5-14H,3-4H2,1-2H3. The lowest BCUT2D eigenvalue weighted by Gasteiger charge is -2.21. The number of hydrogen-bond donors (Lipinski definition) is 0. The first-order chi connectivity index (χ1) is 13.0. The van der Waals surface area contributed by atoms with Gasteiger partial charge in [0, 0.05) is 30.4 Å². The molecular weight excluding hydrogens is 345 g/mol. The van der Waals surface area contributed by atoms with Crippen molar-refractivity contribution in [3.8, 4) is 0 Å². The van der Waals surface area contributed by atoms with Gasteiger partial charge in [0.05, 0.1) is 10.9 Å². The van der Waals surface area contributed by atoms with E-state index < -0.39 is 11.4 Å². The third kappa shape index (κ3) is 3.82. The molecule has 2 aromatic carbocycles. The number of anilines is 1. The van der Waals surface area contributed by atoms with E-state index in [1.165, 1.54) is 12.2 Å². The number of rotatable bonds is 6. The number of nitrogens with zero attached hydrogens (tertiary/aromatic N) is 1. The fourth-order valence-corrected chi connectivity index (χ4v) is 2.95. The van der Waals surface area contributed by atoms with E-state index >= 15 is 0 Å². The van der Waals surface area contributed by atoms with Gasteiger partial charge < -0.3 is 9.32 Å². The molecule has 0 atom stereocenters. The number of fused-ring (bicyclic) bond motifs is 1. The summed E-state index contributed by atoms with van der Waals surface area (Å²) in [5.74, 6) is -1.00. The normalized spacial score (nSPS) is 11.2. The molecule has 1 aromatic heterocycles. The number of ketones is 1. The number of hydrogen-bond acceptors (Lipinski definition) is 4. The van der Waals surface area contributed by atoms with Gasteiger partial charge in [-0.3, -0.25) is 4.79 Å². The highest BCUT2D eigenvalue weighted by Gasteiger charge is 2.14. The SMILES string of the molecule is CCN(CC)c1ccc2c(F)c(C=CC(=O)c3ccccc3)c(=O)oc2c1. The van der Waals surface area contributed by atoms with Gasteiger partial charge in [0.25, 0.3) is 0 Å². The van der Waals surface area contributed by atoms with Crippen LogP contribution in [0.3, 0.4) is 0 Å². The van der Waals surface area contributed by atoms with Crippen LogP contribution in [-0.4, -0.2) is 18.9 Å². The van der Waals surface area contributed by atoms with Crippen molar-refractivity contribution in [2.75, 3.05) is 18.0 Å². The minimum atomic E-state index is -0.811. The molecule has 27 heavy (non-hydrogen) atoms. The van der Waals surface area contributed by atoms with Crippen molar-refractivity contribution in [2.45, 2.75) is 13.8 Å². The quantitative estimate of drug-likeness (QED) is 0.362. The minimum absolute atomic E-state index is 0.188. The Hall–Kier alpha value is -3.21. The van der Waals surface area contributed by atoms with Crippen LogP contribution in [0, 0.1) is 5.82 Å². The van der Waals surface area contributed by atoms with Gasteiger partial charge in [-0.1, -0.05) is 30.3 Å². The Labute approximate surface area is 156 Å². The van der Waals surface area contributed by atoms with Crippen molar-refractivity contribution in [1.29, 1.82) is 0 Å². The van der Waals surface area contributed by atoms with Crippen LogP contribution in [-0.2, 0) is 0 Å². The predicted octanol–water partition coefficient (Wildman–Crippen LogP) is 4.67. The van der Waals surface area contributed by atoms with Gasteiger partial charge in [-0.25, -0.2) is 9.18 Å². The third-order valence-corrected chi connectivity index (χ3v) is 4.45. The first-order valence-corrected chi connectivity index (χ1v) is 8.84. The molecule has 0 aliphatic rings. The third-order valence-electron chi connectivity index (χ3n) is 4.45. The van der Waals surface area contributed by atoms with E-state index in [2.05, 4.69) is 4.90 Å². The summed E-state index contributed by atoms with van der Waals surface area (Å²) in [6.07, 6.45) is 2.36. The first kappa shape index (κ1) is 18.6. The summed E-state index contributed by atoms with van der Waals surface area (Å²) in [5, 5.41) is 0.206. The maximum atomic E-state index is 14.8. The second-order valence-electron chi connectivity index (χ2n) is 6.03. The molecule has 0 aliphatic heterocycles. The van der Waals surface area contributed by atoms with Gasteiger partial charge in [0.15, 0.2) is 5.78 Å². The number of benzene rings is 2. The zero-order valence-corrected chi connectivity index (χ0v) is 15.2. The Bertz CT molecular complexity index is 1050. The van der Waals surface area contributed by atoms with E-state index in [4.69, 9.17) is 4.42 Å². The van der Waals surface area contributed by atoms with E-state index in [1.807, 2.05) is 13.8 Å². The van der Waals surface area contributed by atoms with E-state index in [1.54, 1.807) is 48.5 Å².